The molecule has 2 aromatic carbocycles. The minimum Gasteiger partial charge on any atom is -0.340 e. The Morgan fingerprint density at radius 2 is 1.84 bits per heavy atom. The van der Waals surface area contributed by atoms with E-state index in [2.05, 4.69) is 16.0 Å². The fourth-order valence-corrected chi connectivity index (χ4v) is 3.25. The molecule has 1 atom stereocenters. The second kappa shape index (κ2) is 9.61. The van der Waals surface area contributed by atoms with Gasteiger partial charge in [0.2, 0.25) is 11.8 Å². The van der Waals surface area contributed by atoms with Crippen LogP contribution in [0.5, 0.6) is 0 Å². The Labute approximate surface area is 184 Å². The fourth-order valence-electron chi connectivity index (χ4n) is 3.13. The van der Waals surface area contributed by atoms with E-state index in [0.29, 0.717) is 21.8 Å². The Hall–Kier alpha value is -3.39. The van der Waals surface area contributed by atoms with Gasteiger partial charge < -0.3 is 16.0 Å². The maximum absolute atomic E-state index is 12.9. The maximum atomic E-state index is 12.9. The summed E-state index contributed by atoms with van der Waals surface area (Å²) in [4.78, 5) is 50.0. The van der Waals surface area contributed by atoms with Gasteiger partial charge in [0.15, 0.2) is 0 Å². The number of nitrogens with one attached hydrogen (secondary N) is 3. The Balaban J connectivity index is 1.68. The molecule has 0 spiro atoms. The molecule has 9 heteroatoms. The summed E-state index contributed by atoms with van der Waals surface area (Å²) in [5.74, 6) is -1.21. The van der Waals surface area contributed by atoms with Gasteiger partial charge in [-0.1, -0.05) is 37.6 Å². The van der Waals surface area contributed by atoms with Crippen LogP contribution in [0.2, 0.25) is 5.02 Å². The fraction of sp³-hybridized carbons (Fsp3) is 0.273. The average molecular weight is 443 g/mol. The number of carbonyl (C=O) groups excluding carboxylic acids is 4. The molecule has 1 aliphatic heterocycles. The number of imide groups is 1. The van der Waals surface area contributed by atoms with E-state index in [4.69, 9.17) is 11.6 Å². The third-order valence-electron chi connectivity index (χ3n) is 4.81. The van der Waals surface area contributed by atoms with Gasteiger partial charge in [-0.2, -0.15) is 0 Å². The third-order valence-corrected chi connectivity index (χ3v) is 5.07. The molecule has 1 saturated heterocycles. The molecular formula is C22H23ClN4O4. The standard InChI is InChI=1S/C22H23ClN4O4/c1-13(2)19(26-20(29)15-6-8-16(23)9-7-15)21(30)25-17-5-3-4-14(10-17)12-27-18(28)11-24-22(27)31/h3-10,13,19H,11-12H2,1-2H3,(H,24,31)(H,25,30)(H,26,29). The van der Waals surface area contributed by atoms with Crippen LogP contribution in [0, 0.1) is 5.92 Å². The van der Waals surface area contributed by atoms with Crippen LogP contribution in [-0.2, 0) is 16.1 Å². The molecule has 1 heterocycles. The van der Waals surface area contributed by atoms with Crippen molar-refractivity contribution in [3.8, 4) is 0 Å². The first-order valence-electron chi connectivity index (χ1n) is 9.79. The van der Waals surface area contributed by atoms with E-state index in [1.165, 1.54) is 0 Å². The van der Waals surface area contributed by atoms with Crippen LogP contribution in [0.3, 0.4) is 0 Å². The van der Waals surface area contributed by atoms with Crippen LogP contribution < -0.4 is 16.0 Å². The van der Waals surface area contributed by atoms with Crippen molar-refractivity contribution in [1.29, 1.82) is 0 Å². The molecule has 31 heavy (non-hydrogen) atoms. The second-order valence-electron chi connectivity index (χ2n) is 7.53. The molecule has 1 unspecified atom stereocenters. The molecule has 8 nitrogen and oxygen atoms in total. The monoisotopic (exact) mass is 442 g/mol. The number of nitrogens with zero attached hydrogens (tertiary/aromatic N) is 1. The number of benzene rings is 2. The van der Waals surface area contributed by atoms with E-state index in [1.54, 1.807) is 48.5 Å². The van der Waals surface area contributed by atoms with Crippen LogP contribution in [0.1, 0.15) is 29.8 Å². The Morgan fingerprint density at radius 1 is 1.13 bits per heavy atom. The number of anilines is 1. The van der Waals surface area contributed by atoms with Crippen molar-refractivity contribution in [3.63, 3.8) is 0 Å². The van der Waals surface area contributed by atoms with E-state index in [0.717, 1.165) is 4.90 Å². The number of carbonyl (C=O) groups is 4. The summed E-state index contributed by atoms with van der Waals surface area (Å²) < 4.78 is 0. The first-order valence-corrected chi connectivity index (χ1v) is 10.2. The number of halogens is 1. The van der Waals surface area contributed by atoms with Gasteiger partial charge in [0.05, 0.1) is 13.1 Å². The molecular weight excluding hydrogens is 420 g/mol. The van der Waals surface area contributed by atoms with E-state index in [-0.39, 0.29) is 36.7 Å². The summed E-state index contributed by atoms with van der Waals surface area (Å²) in [5.41, 5.74) is 1.59. The van der Waals surface area contributed by atoms with Gasteiger partial charge >= 0.3 is 6.03 Å². The molecule has 1 aliphatic rings. The second-order valence-corrected chi connectivity index (χ2v) is 7.97. The quantitative estimate of drug-likeness (QED) is 0.573. The molecule has 1 fully saturated rings. The molecule has 0 aliphatic carbocycles. The van der Waals surface area contributed by atoms with Gasteiger partial charge in [0.25, 0.3) is 5.91 Å². The minimum atomic E-state index is -0.766. The maximum Gasteiger partial charge on any atom is 0.324 e. The first-order chi connectivity index (χ1) is 14.7. The molecule has 2 aromatic rings. The van der Waals surface area contributed by atoms with Crippen LogP contribution in [-0.4, -0.2) is 41.2 Å². The zero-order valence-electron chi connectivity index (χ0n) is 17.1. The van der Waals surface area contributed by atoms with Crippen LogP contribution >= 0.6 is 11.6 Å². The molecule has 162 valence electrons. The van der Waals surface area contributed by atoms with Crippen molar-refractivity contribution in [2.45, 2.75) is 26.4 Å². The van der Waals surface area contributed by atoms with Crippen LogP contribution in [0.4, 0.5) is 10.5 Å². The van der Waals surface area contributed by atoms with Gasteiger partial charge in [-0.25, -0.2) is 4.79 Å². The van der Waals surface area contributed by atoms with Crippen molar-refractivity contribution < 1.29 is 19.2 Å². The highest BCUT2D eigenvalue weighted by Crippen LogP contribution is 2.16. The lowest BCUT2D eigenvalue weighted by Gasteiger charge is -2.22. The lowest BCUT2D eigenvalue weighted by molar-refractivity contribution is -0.125. The van der Waals surface area contributed by atoms with Crippen LogP contribution in [0.15, 0.2) is 48.5 Å². The highest BCUT2D eigenvalue weighted by molar-refractivity contribution is 6.30. The van der Waals surface area contributed by atoms with Gasteiger partial charge in [-0.3, -0.25) is 19.3 Å². The van der Waals surface area contributed by atoms with Crippen LogP contribution in [0.25, 0.3) is 0 Å². The summed E-state index contributed by atoms with van der Waals surface area (Å²) in [6.45, 7) is 3.76. The van der Waals surface area contributed by atoms with E-state index < -0.39 is 12.1 Å². The Kier molecular flexibility index (Phi) is 6.91. The van der Waals surface area contributed by atoms with E-state index in [1.807, 2.05) is 13.8 Å². The molecule has 0 bridgehead atoms. The summed E-state index contributed by atoms with van der Waals surface area (Å²) >= 11 is 5.86. The molecule has 0 saturated carbocycles. The van der Waals surface area contributed by atoms with Crippen molar-refractivity contribution in [2.75, 3.05) is 11.9 Å². The van der Waals surface area contributed by atoms with Crippen molar-refractivity contribution in [3.05, 3.63) is 64.7 Å². The Morgan fingerprint density at radius 3 is 2.45 bits per heavy atom. The van der Waals surface area contributed by atoms with Gasteiger partial charge in [0, 0.05) is 16.3 Å². The molecule has 0 radical (unpaired) electrons. The number of amides is 5. The van der Waals surface area contributed by atoms with Crippen molar-refractivity contribution >= 4 is 41.0 Å². The lowest BCUT2D eigenvalue weighted by Crippen LogP contribution is -2.47. The smallest absolute Gasteiger partial charge is 0.324 e. The summed E-state index contributed by atoms with van der Waals surface area (Å²) in [7, 11) is 0. The van der Waals surface area contributed by atoms with E-state index >= 15 is 0 Å². The average Bonchev–Trinajstić information content (AvgIpc) is 3.04. The number of hydrogen-bond acceptors (Lipinski definition) is 4. The SMILES string of the molecule is CC(C)C(NC(=O)c1ccc(Cl)cc1)C(=O)Nc1cccc(CN2C(=O)CNC2=O)c1. The zero-order chi connectivity index (χ0) is 22.5. The highest BCUT2D eigenvalue weighted by Gasteiger charge is 2.28. The third kappa shape index (κ3) is 5.61. The lowest BCUT2D eigenvalue weighted by atomic mass is 10.0. The first kappa shape index (κ1) is 22.3. The summed E-state index contributed by atoms with van der Waals surface area (Å²) in [5, 5.41) is 8.54. The van der Waals surface area contributed by atoms with Crippen molar-refractivity contribution in [2.24, 2.45) is 5.92 Å². The van der Waals surface area contributed by atoms with Gasteiger partial charge in [-0.15, -0.1) is 0 Å². The molecule has 0 aromatic heterocycles. The Bertz CT molecular complexity index is 991. The van der Waals surface area contributed by atoms with Gasteiger partial charge in [-0.05, 0) is 47.9 Å². The largest absolute Gasteiger partial charge is 0.340 e. The predicted octanol–water partition coefficient (Wildman–Crippen LogP) is 2.78. The van der Waals surface area contributed by atoms with Crippen molar-refractivity contribution in [1.82, 2.24) is 15.5 Å². The predicted molar refractivity (Wildman–Crippen MR) is 117 cm³/mol. The number of urea groups is 1. The molecule has 3 rings (SSSR count). The normalized spacial score (nSPS) is 14.4. The highest BCUT2D eigenvalue weighted by atomic mass is 35.5. The number of hydrogen-bond donors (Lipinski definition) is 3. The zero-order valence-corrected chi connectivity index (χ0v) is 17.9. The molecule has 3 N–H and O–H groups in total. The number of rotatable bonds is 7. The summed E-state index contributed by atoms with van der Waals surface area (Å²) in [6.07, 6.45) is 0. The molecule has 5 amide bonds. The summed E-state index contributed by atoms with van der Waals surface area (Å²) in [6, 6.07) is 12.1. The van der Waals surface area contributed by atoms with Gasteiger partial charge in [0.1, 0.15) is 6.04 Å². The van der Waals surface area contributed by atoms with E-state index in [9.17, 15) is 19.2 Å². The minimum absolute atomic E-state index is 0.0152. The topological polar surface area (TPSA) is 108 Å².